The lowest BCUT2D eigenvalue weighted by Gasteiger charge is -2.20. The van der Waals surface area contributed by atoms with Crippen LogP contribution in [0.1, 0.15) is 43.7 Å². The Labute approximate surface area is 120 Å². The van der Waals surface area contributed by atoms with Crippen molar-refractivity contribution in [2.75, 3.05) is 6.54 Å². The van der Waals surface area contributed by atoms with Gasteiger partial charge in [-0.3, -0.25) is 9.48 Å². The number of amides is 1. The van der Waals surface area contributed by atoms with E-state index in [-0.39, 0.29) is 6.54 Å². The van der Waals surface area contributed by atoms with E-state index < -0.39 is 31.0 Å². The monoisotopic (exact) mass is 305 g/mol. The van der Waals surface area contributed by atoms with Crippen molar-refractivity contribution in [1.29, 1.82) is 0 Å². The zero-order valence-corrected chi connectivity index (χ0v) is 11.7. The van der Waals surface area contributed by atoms with Gasteiger partial charge in [0, 0.05) is 19.5 Å². The second-order valence-electron chi connectivity index (χ2n) is 5.24. The molecule has 0 aliphatic carbocycles. The van der Waals surface area contributed by atoms with Gasteiger partial charge in [0.05, 0.1) is 30.5 Å². The molecular formula is C13H18F3N3O2. The van der Waals surface area contributed by atoms with Crippen molar-refractivity contribution in [1.82, 2.24) is 14.7 Å². The first kappa shape index (κ1) is 15.8. The highest BCUT2D eigenvalue weighted by atomic mass is 19.4. The molecule has 0 aromatic carbocycles. The zero-order chi connectivity index (χ0) is 15.6. The molecule has 1 aromatic rings. The average molecular weight is 305 g/mol. The lowest BCUT2D eigenvalue weighted by molar-refractivity contribution is -0.149. The van der Waals surface area contributed by atoms with Gasteiger partial charge in [-0.2, -0.15) is 18.3 Å². The maximum atomic E-state index is 12.2. The Bertz CT molecular complexity index is 511. The molecule has 2 heterocycles. The molecule has 8 heteroatoms. The number of aliphatic hydroxyl groups excluding tert-OH is 1. The highest BCUT2D eigenvalue weighted by Crippen LogP contribution is 2.23. The third kappa shape index (κ3) is 4.20. The number of hydrogen-bond acceptors (Lipinski definition) is 3. The molecule has 1 aliphatic heterocycles. The number of halogens is 3. The number of rotatable bonds is 3. The molecule has 0 saturated heterocycles. The molecule has 0 spiro atoms. The smallest absolute Gasteiger partial charge is 0.387 e. The first-order chi connectivity index (χ1) is 9.76. The first-order valence-electron chi connectivity index (χ1n) is 6.85. The van der Waals surface area contributed by atoms with Crippen LogP contribution < -0.4 is 0 Å². The van der Waals surface area contributed by atoms with Gasteiger partial charge >= 0.3 is 6.18 Å². The summed E-state index contributed by atoms with van der Waals surface area (Å²) in [5.74, 6) is -0.499. The van der Waals surface area contributed by atoms with Gasteiger partial charge in [-0.25, -0.2) is 0 Å². The number of fused-ring (bicyclic) bond motifs is 1. The van der Waals surface area contributed by atoms with E-state index >= 15 is 0 Å². The predicted molar refractivity (Wildman–Crippen MR) is 68.2 cm³/mol. The van der Waals surface area contributed by atoms with Gasteiger partial charge in [0.25, 0.3) is 0 Å². The quantitative estimate of drug-likeness (QED) is 0.929. The zero-order valence-electron chi connectivity index (χ0n) is 11.7. The summed E-state index contributed by atoms with van der Waals surface area (Å²) in [5, 5.41) is 13.7. The maximum Gasteiger partial charge on any atom is 0.389 e. The van der Waals surface area contributed by atoms with Crippen molar-refractivity contribution in [3.63, 3.8) is 0 Å². The number of nitrogens with zero attached hydrogens (tertiary/aromatic N) is 3. The van der Waals surface area contributed by atoms with Crippen molar-refractivity contribution in [3.05, 3.63) is 17.5 Å². The minimum atomic E-state index is -4.32. The normalized spacial score (nSPS) is 17.3. The minimum absolute atomic E-state index is 0.233. The van der Waals surface area contributed by atoms with Crippen molar-refractivity contribution >= 4 is 5.91 Å². The molecule has 1 amide bonds. The number of hydrogen-bond donors (Lipinski definition) is 1. The van der Waals surface area contributed by atoms with E-state index in [0.717, 1.165) is 5.69 Å². The van der Waals surface area contributed by atoms with Gasteiger partial charge in [0.1, 0.15) is 0 Å². The Balaban J connectivity index is 2.04. The van der Waals surface area contributed by atoms with Crippen molar-refractivity contribution < 1.29 is 23.1 Å². The van der Waals surface area contributed by atoms with Crippen molar-refractivity contribution in [2.24, 2.45) is 0 Å². The van der Waals surface area contributed by atoms with E-state index in [9.17, 15) is 23.1 Å². The summed E-state index contributed by atoms with van der Waals surface area (Å²) in [4.78, 5) is 13.3. The summed E-state index contributed by atoms with van der Waals surface area (Å²) < 4.78 is 38.3. The molecular weight excluding hydrogens is 287 g/mol. The van der Waals surface area contributed by atoms with Crippen LogP contribution in [0.5, 0.6) is 0 Å². The molecule has 1 N–H and O–H groups in total. The van der Waals surface area contributed by atoms with Gasteiger partial charge in [-0.1, -0.05) is 0 Å². The molecule has 1 aromatic heterocycles. The van der Waals surface area contributed by atoms with Crippen LogP contribution in [0.2, 0.25) is 0 Å². The van der Waals surface area contributed by atoms with Crippen LogP contribution in [-0.2, 0) is 17.9 Å². The minimum Gasteiger partial charge on any atom is -0.387 e. The standard InChI is InChI=1S/C13H18F3N3O2/c1-9(20)11-7-10-8-18(5-2-6-19(10)17-11)12(21)3-4-13(14,15)16/h7,9,20H,2-6,8H2,1H3/t9-/m0/s1. The van der Waals surface area contributed by atoms with Gasteiger partial charge < -0.3 is 10.0 Å². The van der Waals surface area contributed by atoms with Crippen molar-refractivity contribution in [3.8, 4) is 0 Å². The predicted octanol–water partition coefficient (Wildman–Crippen LogP) is 2.01. The highest BCUT2D eigenvalue weighted by Gasteiger charge is 2.30. The van der Waals surface area contributed by atoms with Crippen LogP contribution in [-0.4, -0.2) is 38.4 Å². The fourth-order valence-corrected chi connectivity index (χ4v) is 2.31. The molecule has 5 nitrogen and oxygen atoms in total. The molecule has 1 atom stereocenters. The molecule has 0 bridgehead atoms. The number of carbonyl (C=O) groups is 1. The number of aryl methyl sites for hydroxylation is 1. The largest absolute Gasteiger partial charge is 0.389 e. The van der Waals surface area contributed by atoms with Crippen LogP contribution in [0, 0.1) is 0 Å². The number of aliphatic hydroxyl groups is 1. The lowest BCUT2D eigenvalue weighted by Crippen LogP contribution is -2.31. The molecule has 0 radical (unpaired) electrons. The van der Waals surface area contributed by atoms with Gasteiger partial charge in [-0.05, 0) is 19.4 Å². The third-order valence-electron chi connectivity index (χ3n) is 3.44. The topological polar surface area (TPSA) is 58.4 Å². The van der Waals surface area contributed by atoms with Gasteiger partial charge in [-0.15, -0.1) is 0 Å². The Morgan fingerprint density at radius 1 is 1.48 bits per heavy atom. The van der Waals surface area contributed by atoms with Crippen LogP contribution in [0.25, 0.3) is 0 Å². The summed E-state index contributed by atoms with van der Waals surface area (Å²) in [6.45, 7) is 2.83. The molecule has 21 heavy (non-hydrogen) atoms. The number of aromatic nitrogens is 2. The molecule has 118 valence electrons. The Kier molecular flexibility index (Phi) is 4.55. The Hall–Kier alpha value is -1.57. The summed E-state index contributed by atoms with van der Waals surface area (Å²) >= 11 is 0. The van der Waals surface area contributed by atoms with E-state index in [0.29, 0.717) is 25.2 Å². The summed E-state index contributed by atoms with van der Waals surface area (Å²) in [6.07, 6.45) is -6.02. The summed E-state index contributed by atoms with van der Waals surface area (Å²) in [7, 11) is 0. The van der Waals surface area contributed by atoms with Crippen LogP contribution in [0.4, 0.5) is 13.2 Å². The number of alkyl halides is 3. The average Bonchev–Trinajstić information content (AvgIpc) is 2.68. The molecule has 0 unspecified atom stereocenters. The van der Waals surface area contributed by atoms with Gasteiger partial charge in [0.15, 0.2) is 0 Å². The van der Waals surface area contributed by atoms with Gasteiger partial charge in [0.2, 0.25) is 5.91 Å². The SMILES string of the molecule is C[C@H](O)c1cc2n(n1)CCCN(C(=O)CCC(F)(F)F)C2. The van der Waals surface area contributed by atoms with E-state index in [2.05, 4.69) is 5.10 Å². The Morgan fingerprint density at radius 2 is 2.19 bits per heavy atom. The molecule has 0 fully saturated rings. The molecule has 0 saturated carbocycles. The first-order valence-corrected chi connectivity index (χ1v) is 6.85. The second-order valence-corrected chi connectivity index (χ2v) is 5.24. The van der Waals surface area contributed by atoms with Crippen LogP contribution >= 0.6 is 0 Å². The van der Waals surface area contributed by atoms with Crippen molar-refractivity contribution in [2.45, 2.75) is 51.6 Å². The van der Waals surface area contributed by atoms with E-state index in [1.807, 2.05) is 0 Å². The van der Waals surface area contributed by atoms with E-state index in [4.69, 9.17) is 0 Å². The maximum absolute atomic E-state index is 12.2. The molecule has 2 rings (SSSR count). The van der Waals surface area contributed by atoms with E-state index in [1.165, 1.54) is 4.90 Å². The summed E-state index contributed by atoms with van der Waals surface area (Å²) in [6, 6.07) is 1.69. The fraction of sp³-hybridized carbons (Fsp3) is 0.692. The molecule has 1 aliphatic rings. The lowest BCUT2D eigenvalue weighted by atomic mass is 10.2. The second kappa shape index (κ2) is 6.05. The van der Waals surface area contributed by atoms with E-state index in [1.54, 1.807) is 17.7 Å². The fourth-order valence-electron chi connectivity index (χ4n) is 2.31. The number of carbonyl (C=O) groups excluding carboxylic acids is 1. The third-order valence-corrected chi connectivity index (χ3v) is 3.44. The van der Waals surface area contributed by atoms with Crippen LogP contribution in [0.15, 0.2) is 6.07 Å². The summed E-state index contributed by atoms with van der Waals surface area (Å²) in [5.41, 5.74) is 1.25. The van der Waals surface area contributed by atoms with Crippen LogP contribution in [0.3, 0.4) is 0 Å². The Morgan fingerprint density at radius 3 is 2.81 bits per heavy atom. The highest BCUT2D eigenvalue weighted by molar-refractivity contribution is 5.76.